The highest BCUT2D eigenvalue weighted by molar-refractivity contribution is 5.80. The maximum Gasteiger partial charge on any atom is 0.135 e. The van der Waals surface area contributed by atoms with Crippen molar-refractivity contribution in [2.24, 2.45) is 17.8 Å². The van der Waals surface area contributed by atoms with Crippen LogP contribution in [0.15, 0.2) is 0 Å². The summed E-state index contributed by atoms with van der Waals surface area (Å²) >= 11 is 0. The Morgan fingerprint density at radius 1 is 0.550 bits per heavy atom. The van der Waals surface area contributed by atoms with E-state index < -0.39 is 0 Å². The molecule has 0 spiro atoms. The summed E-state index contributed by atoms with van der Waals surface area (Å²) in [5, 5.41) is 0. The quantitative estimate of drug-likeness (QED) is 0.0846. The van der Waals surface area contributed by atoms with Gasteiger partial charge in [0.2, 0.25) is 0 Å². The van der Waals surface area contributed by atoms with E-state index in [0.717, 1.165) is 37.5 Å². The molecule has 0 aliphatic carbocycles. The zero-order chi connectivity index (χ0) is 29.1. The van der Waals surface area contributed by atoms with Crippen LogP contribution in [0.3, 0.4) is 0 Å². The zero-order valence-electron chi connectivity index (χ0n) is 28.3. The van der Waals surface area contributed by atoms with E-state index in [2.05, 4.69) is 32.6 Å². The SMILES string of the molecule is CCCCCCCCC(CCCCCCC)C(=O)CCCCCN1CCC(C(CCCC)CCCCCC)CC1. The van der Waals surface area contributed by atoms with Crippen molar-refractivity contribution in [1.82, 2.24) is 4.90 Å². The molecule has 0 bridgehead atoms. The monoisotopic (exact) mass is 562 g/mol. The number of hydrogen-bond donors (Lipinski definition) is 0. The highest BCUT2D eigenvalue weighted by Crippen LogP contribution is 2.33. The smallest absolute Gasteiger partial charge is 0.135 e. The standard InChI is InChI=1S/C38H75NO/c1-5-9-13-16-18-22-28-37(27-21-17-14-10-6-2)38(40)29-23-19-24-32-39-33-30-36(31-34-39)35(25-12-8-4)26-20-15-11-7-3/h35-37H,5-34H2,1-4H3. The maximum atomic E-state index is 13.2. The number of unbranched alkanes of at least 4 members (excludes halogenated alkanes) is 15. The molecule has 1 aliphatic heterocycles. The average molecular weight is 562 g/mol. The van der Waals surface area contributed by atoms with Crippen molar-refractivity contribution in [1.29, 1.82) is 0 Å². The molecule has 2 unspecified atom stereocenters. The first kappa shape index (κ1) is 37.7. The first-order valence-electron chi connectivity index (χ1n) is 18.9. The minimum Gasteiger partial charge on any atom is -0.303 e. The fourth-order valence-corrected chi connectivity index (χ4v) is 7.21. The topological polar surface area (TPSA) is 20.3 Å². The average Bonchev–Trinajstić information content (AvgIpc) is 2.97. The number of hydrogen-bond acceptors (Lipinski definition) is 2. The van der Waals surface area contributed by atoms with E-state index in [1.54, 1.807) is 0 Å². The van der Waals surface area contributed by atoms with Gasteiger partial charge < -0.3 is 4.90 Å². The molecule has 0 aromatic carbocycles. The molecule has 1 heterocycles. The lowest BCUT2D eigenvalue weighted by atomic mass is 9.78. The highest BCUT2D eigenvalue weighted by Gasteiger charge is 2.25. The summed E-state index contributed by atoms with van der Waals surface area (Å²) in [4.78, 5) is 15.9. The van der Waals surface area contributed by atoms with E-state index in [1.807, 2.05) is 0 Å². The Bertz CT molecular complexity index is 538. The number of likely N-dealkylation sites (tertiary alicyclic amines) is 1. The van der Waals surface area contributed by atoms with Gasteiger partial charge in [-0.15, -0.1) is 0 Å². The van der Waals surface area contributed by atoms with Crippen LogP contribution < -0.4 is 0 Å². The Kier molecular flexibility index (Phi) is 25.9. The molecule has 0 aromatic rings. The first-order valence-corrected chi connectivity index (χ1v) is 18.9. The van der Waals surface area contributed by atoms with Crippen LogP contribution in [0.1, 0.15) is 201 Å². The van der Waals surface area contributed by atoms with Crippen LogP contribution in [0.4, 0.5) is 0 Å². The lowest BCUT2D eigenvalue weighted by molar-refractivity contribution is -0.123. The lowest BCUT2D eigenvalue weighted by Crippen LogP contribution is -2.36. The van der Waals surface area contributed by atoms with Gasteiger partial charge in [-0.3, -0.25) is 4.79 Å². The third kappa shape index (κ3) is 19.7. The Hall–Kier alpha value is -0.370. The predicted molar refractivity (Wildman–Crippen MR) is 179 cm³/mol. The van der Waals surface area contributed by atoms with Crippen molar-refractivity contribution in [2.75, 3.05) is 19.6 Å². The molecule has 0 saturated carbocycles. The molecule has 238 valence electrons. The molecule has 1 saturated heterocycles. The van der Waals surface area contributed by atoms with Crippen LogP contribution in [-0.2, 0) is 4.79 Å². The van der Waals surface area contributed by atoms with Crippen molar-refractivity contribution >= 4 is 5.78 Å². The van der Waals surface area contributed by atoms with E-state index in [4.69, 9.17) is 0 Å². The second-order valence-electron chi connectivity index (χ2n) is 13.7. The molecule has 2 atom stereocenters. The van der Waals surface area contributed by atoms with Gasteiger partial charge in [0.1, 0.15) is 5.78 Å². The fraction of sp³-hybridized carbons (Fsp3) is 0.974. The summed E-state index contributed by atoms with van der Waals surface area (Å²) in [6.07, 6.45) is 35.7. The molecule has 2 nitrogen and oxygen atoms in total. The Morgan fingerprint density at radius 3 is 1.57 bits per heavy atom. The number of Topliss-reactive ketones (excluding diaryl/α,β-unsaturated/α-hetero) is 1. The molecule has 0 amide bonds. The summed E-state index contributed by atoms with van der Waals surface area (Å²) in [7, 11) is 0. The van der Waals surface area contributed by atoms with Gasteiger partial charge in [0.25, 0.3) is 0 Å². The predicted octanol–water partition coefficient (Wildman–Crippen LogP) is 12.3. The minimum absolute atomic E-state index is 0.356. The van der Waals surface area contributed by atoms with E-state index in [1.165, 1.54) is 167 Å². The number of nitrogens with zero attached hydrogens (tertiary/aromatic N) is 1. The minimum atomic E-state index is 0.356. The van der Waals surface area contributed by atoms with Crippen molar-refractivity contribution in [2.45, 2.75) is 201 Å². The Morgan fingerprint density at radius 2 is 1.00 bits per heavy atom. The van der Waals surface area contributed by atoms with Gasteiger partial charge in [-0.05, 0) is 70.0 Å². The lowest BCUT2D eigenvalue weighted by Gasteiger charge is -2.36. The van der Waals surface area contributed by atoms with E-state index in [0.29, 0.717) is 11.7 Å². The number of rotatable bonds is 29. The number of carbonyl (C=O) groups excluding carboxylic acids is 1. The van der Waals surface area contributed by atoms with E-state index in [9.17, 15) is 4.79 Å². The van der Waals surface area contributed by atoms with Crippen LogP contribution >= 0.6 is 0 Å². The molecular weight excluding hydrogens is 486 g/mol. The first-order chi connectivity index (χ1) is 19.7. The largest absolute Gasteiger partial charge is 0.303 e. The van der Waals surface area contributed by atoms with Gasteiger partial charge in [-0.1, -0.05) is 156 Å². The molecule has 1 fully saturated rings. The molecule has 0 radical (unpaired) electrons. The van der Waals surface area contributed by atoms with Crippen molar-refractivity contribution in [3.8, 4) is 0 Å². The fourth-order valence-electron chi connectivity index (χ4n) is 7.21. The maximum absolute atomic E-state index is 13.2. The molecule has 2 heteroatoms. The van der Waals surface area contributed by atoms with Gasteiger partial charge in [0.15, 0.2) is 0 Å². The van der Waals surface area contributed by atoms with Crippen LogP contribution in [0.2, 0.25) is 0 Å². The molecular formula is C38H75NO. The summed E-state index contributed by atoms with van der Waals surface area (Å²) < 4.78 is 0. The molecule has 40 heavy (non-hydrogen) atoms. The normalized spacial score (nSPS) is 16.4. The van der Waals surface area contributed by atoms with Crippen LogP contribution in [0.25, 0.3) is 0 Å². The number of carbonyl (C=O) groups is 1. The highest BCUT2D eigenvalue weighted by atomic mass is 16.1. The number of ketones is 1. The van der Waals surface area contributed by atoms with Gasteiger partial charge in [0.05, 0.1) is 0 Å². The van der Waals surface area contributed by atoms with Crippen LogP contribution in [0.5, 0.6) is 0 Å². The zero-order valence-corrected chi connectivity index (χ0v) is 28.3. The van der Waals surface area contributed by atoms with Gasteiger partial charge in [-0.25, -0.2) is 0 Å². The van der Waals surface area contributed by atoms with Gasteiger partial charge >= 0.3 is 0 Å². The molecule has 0 aromatic heterocycles. The third-order valence-corrected chi connectivity index (χ3v) is 10.1. The Labute approximate surface area is 253 Å². The van der Waals surface area contributed by atoms with Crippen molar-refractivity contribution in [3.63, 3.8) is 0 Å². The second-order valence-corrected chi connectivity index (χ2v) is 13.7. The summed E-state index contributed by atoms with van der Waals surface area (Å²) in [5.41, 5.74) is 0. The summed E-state index contributed by atoms with van der Waals surface area (Å²) in [6, 6.07) is 0. The second kappa shape index (κ2) is 27.5. The summed E-state index contributed by atoms with van der Waals surface area (Å²) in [5.74, 6) is 2.92. The van der Waals surface area contributed by atoms with Crippen molar-refractivity contribution < 1.29 is 4.79 Å². The Balaban J connectivity index is 2.28. The molecule has 1 rings (SSSR count). The van der Waals surface area contributed by atoms with Crippen LogP contribution in [0, 0.1) is 17.8 Å². The van der Waals surface area contributed by atoms with E-state index in [-0.39, 0.29) is 0 Å². The molecule has 1 aliphatic rings. The van der Waals surface area contributed by atoms with E-state index >= 15 is 0 Å². The van der Waals surface area contributed by atoms with Crippen LogP contribution in [-0.4, -0.2) is 30.3 Å². The number of piperidine rings is 1. The van der Waals surface area contributed by atoms with Gasteiger partial charge in [-0.2, -0.15) is 0 Å². The third-order valence-electron chi connectivity index (χ3n) is 10.1. The summed E-state index contributed by atoms with van der Waals surface area (Å²) in [6.45, 7) is 13.2. The van der Waals surface area contributed by atoms with Crippen molar-refractivity contribution in [3.05, 3.63) is 0 Å². The molecule has 0 N–H and O–H groups in total. The van der Waals surface area contributed by atoms with Gasteiger partial charge in [0, 0.05) is 12.3 Å².